The smallest absolute Gasteiger partial charge is 0.410 e. The number of phenols is 2. The Kier molecular flexibility index (Phi) is 7.13. The van der Waals surface area contributed by atoms with Crippen LogP contribution >= 0.6 is 0 Å². The molecule has 3 aromatic rings. The van der Waals surface area contributed by atoms with Crippen molar-refractivity contribution in [1.29, 1.82) is 0 Å². The van der Waals surface area contributed by atoms with Crippen molar-refractivity contribution in [3.8, 4) is 22.8 Å². The zero-order valence-electron chi connectivity index (χ0n) is 25.7. The lowest BCUT2D eigenvalue weighted by Gasteiger charge is -2.50. The number of primary amides is 1. The van der Waals surface area contributed by atoms with E-state index in [9.17, 15) is 39.6 Å². The molecule has 6 N–H and O–H groups in total. The fraction of sp³-hybridized carbons (Fsp3) is 0.406. The van der Waals surface area contributed by atoms with E-state index >= 15 is 0 Å². The molecular weight excluding hydrogens is 600 g/mol. The summed E-state index contributed by atoms with van der Waals surface area (Å²) in [6, 6.07) is 4.78. The number of phenolic OH excluding ortho intramolecular Hbond substituents is 2. The molecule has 0 saturated carbocycles. The Morgan fingerprint density at radius 1 is 1.09 bits per heavy atom. The standard InChI is InChI=1S/C32H34N4O10/c1-14-11-20(46-34-14)16-5-6-19(37)22-17(16)12-15-13-18-24(35-7-9-36(10-8-35)30(43)45-31(2,3)4)26(39)23(29(33)42)28(41)32(18,44)27(40)21(15)25(22)38/h5-6,11-12,18,24,37-38,41,44H,7-10,13H2,1-4H3,(H2,33,42)/t18?,24-,32+/m1/s1. The Balaban J connectivity index is 1.47. The third-order valence-corrected chi connectivity index (χ3v) is 8.88. The van der Waals surface area contributed by atoms with Crippen molar-refractivity contribution < 1.29 is 48.9 Å². The van der Waals surface area contributed by atoms with Gasteiger partial charge in [0.2, 0.25) is 5.78 Å². The zero-order valence-corrected chi connectivity index (χ0v) is 25.7. The third-order valence-electron chi connectivity index (χ3n) is 8.88. The molecule has 242 valence electrons. The van der Waals surface area contributed by atoms with Crippen LogP contribution in [0.15, 0.2) is 40.1 Å². The Morgan fingerprint density at radius 2 is 1.76 bits per heavy atom. The summed E-state index contributed by atoms with van der Waals surface area (Å²) in [6.07, 6.45) is -0.746. The number of carbonyl (C=O) groups excluding carboxylic acids is 4. The number of ether oxygens (including phenoxy) is 1. The zero-order chi connectivity index (χ0) is 33.5. The Labute approximate surface area is 262 Å². The van der Waals surface area contributed by atoms with E-state index in [0.717, 1.165) is 0 Å². The van der Waals surface area contributed by atoms with Gasteiger partial charge in [-0.3, -0.25) is 19.3 Å². The minimum absolute atomic E-state index is 0.110. The van der Waals surface area contributed by atoms with E-state index in [-0.39, 0.29) is 54.9 Å². The molecule has 2 heterocycles. The molecule has 2 aliphatic carbocycles. The summed E-state index contributed by atoms with van der Waals surface area (Å²) < 4.78 is 10.9. The SMILES string of the molecule is Cc1cc(-c2ccc(O)c3c(O)c4c(cc23)CC2[C@@H](N3CCN(C(=O)OC(C)(C)C)CC3)C(=O)C(C(N)=O)=C(O)[C@@]2(O)C4=O)on1. The van der Waals surface area contributed by atoms with Gasteiger partial charge < -0.3 is 40.3 Å². The van der Waals surface area contributed by atoms with Gasteiger partial charge in [-0.1, -0.05) is 5.16 Å². The lowest BCUT2D eigenvalue weighted by Crippen LogP contribution is -2.67. The maximum atomic E-state index is 14.2. The molecule has 0 radical (unpaired) electrons. The number of nitrogens with two attached hydrogens (primary N) is 1. The van der Waals surface area contributed by atoms with Crippen molar-refractivity contribution in [3.63, 3.8) is 0 Å². The van der Waals surface area contributed by atoms with Crippen LogP contribution in [-0.4, -0.2) is 102 Å². The number of aromatic hydroxyl groups is 2. The number of aromatic nitrogens is 1. The summed E-state index contributed by atoms with van der Waals surface area (Å²) in [7, 11) is 0. The van der Waals surface area contributed by atoms with E-state index in [0.29, 0.717) is 22.4 Å². The van der Waals surface area contributed by atoms with Crippen LogP contribution in [0.1, 0.15) is 42.4 Å². The van der Waals surface area contributed by atoms with Crippen molar-refractivity contribution >= 4 is 34.3 Å². The van der Waals surface area contributed by atoms with Gasteiger partial charge in [-0.05, 0) is 57.9 Å². The highest BCUT2D eigenvalue weighted by Gasteiger charge is 2.63. The second-order valence-electron chi connectivity index (χ2n) is 13.0. The van der Waals surface area contributed by atoms with Gasteiger partial charge in [0, 0.05) is 49.1 Å². The highest BCUT2D eigenvalue weighted by molar-refractivity contribution is 6.25. The number of ketones is 2. The largest absolute Gasteiger partial charge is 0.508 e. The highest BCUT2D eigenvalue weighted by atomic mass is 16.6. The van der Waals surface area contributed by atoms with E-state index < -0.39 is 63.8 Å². The average Bonchev–Trinajstić information content (AvgIpc) is 3.40. The summed E-state index contributed by atoms with van der Waals surface area (Å²) >= 11 is 0. The molecule has 6 rings (SSSR count). The first-order chi connectivity index (χ1) is 21.5. The van der Waals surface area contributed by atoms with Gasteiger partial charge in [-0.25, -0.2) is 4.79 Å². The lowest BCUT2D eigenvalue weighted by molar-refractivity contribution is -0.134. The van der Waals surface area contributed by atoms with Crippen LogP contribution in [0.3, 0.4) is 0 Å². The van der Waals surface area contributed by atoms with Gasteiger partial charge in [0.25, 0.3) is 5.91 Å². The Hall–Kier alpha value is -4.95. The van der Waals surface area contributed by atoms with Gasteiger partial charge >= 0.3 is 6.09 Å². The van der Waals surface area contributed by atoms with E-state index in [1.165, 1.54) is 11.0 Å². The molecule has 2 amide bonds. The van der Waals surface area contributed by atoms with Crippen molar-refractivity contribution in [2.45, 2.75) is 51.4 Å². The number of fused-ring (bicyclic) bond motifs is 3. The van der Waals surface area contributed by atoms with E-state index in [1.807, 2.05) is 0 Å². The van der Waals surface area contributed by atoms with Gasteiger partial charge in [0.05, 0.1) is 22.7 Å². The minimum atomic E-state index is -2.82. The van der Waals surface area contributed by atoms with Gasteiger partial charge in [-0.2, -0.15) is 0 Å². The predicted molar refractivity (Wildman–Crippen MR) is 161 cm³/mol. The van der Waals surface area contributed by atoms with Crippen molar-refractivity contribution in [1.82, 2.24) is 15.0 Å². The number of nitrogens with zero attached hydrogens (tertiary/aromatic N) is 3. The molecule has 0 bridgehead atoms. The van der Waals surface area contributed by atoms with Crippen LogP contribution in [0.25, 0.3) is 22.1 Å². The molecule has 0 spiro atoms. The summed E-state index contributed by atoms with van der Waals surface area (Å²) in [5.41, 5.74) is 1.92. The van der Waals surface area contributed by atoms with Crippen LogP contribution in [0.2, 0.25) is 0 Å². The number of carbonyl (C=O) groups is 4. The monoisotopic (exact) mass is 634 g/mol. The maximum absolute atomic E-state index is 14.2. The van der Waals surface area contributed by atoms with Crippen molar-refractivity contribution in [2.75, 3.05) is 26.2 Å². The summed E-state index contributed by atoms with van der Waals surface area (Å²) in [5, 5.41) is 49.6. The molecule has 1 aliphatic heterocycles. The molecule has 14 heteroatoms. The van der Waals surface area contributed by atoms with Gasteiger partial charge in [0.1, 0.15) is 28.4 Å². The van der Waals surface area contributed by atoms with Crippen LogP contribution in [0, 0.1) is 12.8 Å². The second-order valence-corrected chi connectivity index (χ2v) is 13.0. The molecule has 46 heavy (non-hydrogen) atoms. The lowest BCUT2D eigenvalue weighted by atomic mass is 9.61. The Morgan fingerprint density at radius 3 is 2.35 bits per heavy atom. The van der Waals surface area contributed by atoms with Crippen LogP contribution in [0.4, 0.5) is 4.79 Å². The van der Waals surface area contributed by atoms with Gasteiger partial charge in [-0.15, -0.1) is 0 Å². The van der Waals surface area contributed by atoms with E-state index in [1.54, 1.807) is 50.8 Å². The number of benzene rings is 2. The molecule has 14 nitrogen and oxygen atoms in total. The summed E-state index contributed by atoms with van der Waals surface area (Å²) in [4.78, 5) is 56.4. The Bertz CT molecular complexity index is 1860. The molecule has 2 aromatic carbocycles. The summed E-state index contributed by atoms with van der Waals surface area (Å²) in [6.45, 7) is 7.45. The van der Waals surface area contributed by atoms with Gasteiger partial charge in [0.15, 0.2) is 17.1 Å². The summed E-state index contributed by atoms with van der Waals surface area (Å²) in [5.74, 6) is -6.58. The second kappa shape index (κ2) is 10.6. The number of aliphatic hydroxyl groups excluding tert-OH is 1. The number of piperazine rings is 1. The average molecular weight is 635 g/mol. The van der Waals surface area contributed by atoms with Crippen molar-refractivity contribution in [2.24, 2.45) is 11.7 Å². The highest BCUT2D eigenvalue weighted by Crippen LogP contribution is 2.51. The predicted octanol–water partition coefficient (Wildman–Crippen LogP) is 2.10. The van der Waals surface area contributed by atoms with Crippen molar-refractivity contribution in [3.05, 3.63) is 52.4 Å². The third kappa shape index (κ3) is 4.67. The quantitative estimate of drug-likeness (QED) is 0.262. The first kappa shape index (κ1) is 31.0. The van der Waals surface area contributed by atoms with Crippen LogP contribution < -0.4 is 5.73 Å². The fourth-order valence-electron chi connectivity index (χ4n) is 6.82. The number of amides is 2. The molecular formula is C32H34N4O10. The van der Waals surface area contributed by atoms with E-state index in [2.05, 4.69) is 5.16 Å². The number of hydrogen-bond acceptors (Lipinski definition) is 12. The number of rotatable bonds is 3. The molecule has 3 aliphatic rings. The molecule has 1 fully saturated rings. The first-order valence-electron chi connectivity index (χ1n) is 14.8. The van der Waals surface area contributed by atoms with Crippen LogP contribution in [-0.2, 0) is 20.7 Å². The number of hydrogen-bond donors (Lipinski definition) is 5. The number of aliphatic hydroxyl groups is 2. The fourth-order valence-corrected chi connectivity index (χ4v) is 6.82. The normalized spacial score (nSPS) is 23.8. The molecule has 1 saturated heterocycles. The maximum Gasteiger partial charge on any atom is 0.410 e. The first-order valence-corrected chi connectivity index (χ1v) is 14.8. The minimum Gasteiger partial charge on any atom is -0.508 e. The topological polar surface area (TPSA) is 217 Å². The van der Waals surface area contributed by atoms with E-state index in [4.69, 9.17) is 15.0 Å². The van der Waals surface area contributed by atoms with Crippen LogP contribution in [0.5, 0.6) is 11.5 Å². The molecule has 3 atom stereocenters. The molecule has 1 aromatic heterocycles. The number of Topliss-reactive ketones (excluding diaryl/α,β-unsaturated/α-hetero) is 2. The molecule has 1 unspecified atom stereocenters. The number of aryl methyl sites for hydroxylation is 1.